The number of thioether (sulfide) groups is 5. The molecule has 1 aromatic rings. The molecule has 3 heterocycles. The zero-order valence-corrected chi connectivity index (χ0v) is 18.6. The van der Waals surface area contributed by atoms with Crippen molar-refractivity contribution in [3.05, 3.63) is 31.1 Å². The fourth-order valence-corrected chi connectivity index (χ4v) is 13.6. The molecule has 0 nitrogen and oxygen atoms in total. The fourth-order valence-electron chi connectivity index (χ4n) is 1.41. The molecule has 0 bridgehead atoms. The zero-order chi connectivity index (χ0) is 14.1. The van der Waals surface area contributed by atoms with Gasteiger partial charge in [-0.3, -0.25) is 0 Å². The summed E-state index contributed by atoms with van der Waals surface area (Å²) in [5.74, 6) is 0. The third-order valence-electron chi connectivity index (χ3n) is 2.23. The zero-order valence-electron chi connectivity index (χ0n) is 10.3. The molecule has 1 aromatic heterocycles. The Bertz CT molecular complexity index is 737. The maximum atomic E-state index is 5.58. The van der Waals surface area contributed by atoms with Crippen molar-refractivity contribution < 1.29 is 0 Å². The van der Waals surface area contributed by atoms with Crippen LogP contribution >= 0.6 is 93.7 Å². The molecule has 0 unspecified atom stereocenters. The van der Waals surface area contributed by atoms with E-state index in [0.717, 1.165) is 3.82 Å². The summed E-state index contributed by atoms with van der Waals surface area (Å²) in [4.78, 5) is 2.28. The van der Waals surface area contributed by atoms with Crippen molar-refractivity contribution in [1.82, 2.24) is 0 Å². The van der Waals surface area contributed by atoms with Crippen LogP contribution in [0.5, 0.6) is 0 Å². The van der Waals surface area contributed by atoms with Gasteiger partial charge < -0.3 is 0 Å². The summed E-state index contributed by atoms with van der Waals surface area (Å²) in [6, 6.07) is 0. The molecule has 9 heteroatoms. The molecule has 0 aromatic carbocycles. The average Bonchev–Trinajstić information content (AvgIpc) is 3.16. The number of hydrogen-bond acceptors (Lipinski definition) is 8. The van der Waals surface area contributed by atoms with Gasteiger partial charge in [-0.15, -0.1) is 0 Å². The maximum absolute atomic E-state index is 5.58. The van der Waals surface area contributed by atoms with Crippen molar-refractivity contribution in [2.24, 2.45) is 0 Å². The molecule has 2 aliphatic heterocycles. The standard InChI is InChI=1S/C11H8S8Se/c1-13-7-8(14-2)19-10(18-7)9-16-5(6(12)17-9)11-15-3-4-20-11/h3-4H,1-2H3/b11-5-. The molecule has 0 atom stereocenters. The van der Waals surface area contributed by atoms with Crippen LogP contribution in [0.1, 0.15) is 0 Å². The first-order valence-corrected chi connectivity index (χ1v) is 14.1. The normalized spacial score (nSPS) is 21.4. The van der Waals surface area contributed by atoms with E-state index in [1.54, 1.807) is 11.3 Å². The van der Waals surface area contributed by atoms with E-state index in [9.17, 15) is 0 Å². The molecule has 0 saturated carbocycles. The quantitative estimate of drug-likeness (QED) is 0.436. The third kappa shape index (κ3) is 3.47. The first kappa shape index (κ1) is 16.6. The summed E-state index contributed by atoms with van der Waals surface area (Å²) in [5, 5.41) is 2.19. The Morgan fingerprint density at radius 3 is 2.35 bits per heavy atom. The van der Waals surface area contributed by atoms with Gasteiger partial charge in [0.25, 0.3) is 0 Å². The van der Waals surface area contributed by atoms with Crippen LogP contribution < -0.4 is 8.38 Å². The van der Waals surface area contributed by atoms with Crippen LogP contribution in [0.25, 0.3) is 8.04 Å². The van der Waals surface area contributed by atoms with Crippen molar-refractivity contribution in [3.8, 4) is 0 Å². The summed E-state index contributed by atoms with van der Waals surface area (Å²) < 4.78 is 9.54. The first-order valence-electron chi connectivity index (χ1n) is 5.27. The number of rotatable bonds is 2. The Morgan fingerprint density at radius 1 is 1.10 bits per heavy atom. The molecular formula is C11H8S8Se. The van der Waals surface area contributed by atoms with Crippen molar-refractivity contribution in [1.29, 1.82) is 0 Å². The van der Waals surface area contributed by atoms with E-state index in [1.807, 2.05) is 70.1 Å². The van der Waals surface area contributed by atoms with Gasteiger partial charge in [-0.05, 0) is 0 Å². The summed E-state index contributed by atoms with van der Waals surface area (Å²) in [6.07, 6.45) is 4.31. The summed E-state index contributed by atoms with van der Waals surface area (Å²) >= 11 is 19.1. The van der Waals surface area contributed by atoms with E-state index in [-0.39, 0.29) is 0 Å². The van der Waals surface area contributed by atoms with Crippen molar-refractivity contribution >= 4 is 117 Å². The average molecular weight is 476 g/mol. The van der Waals surface area contributed by atoms with E-state index in [1.165, 1.54) is 24.9 Å². The predicted molar refractivity (Wildman–Crippen MR) is 111 cm³/mol. The van der Waals surface area contributed by atoms with Gasteiger partial charge in [-0.25, -0.2) is 0 Å². The summed E-state index contributed by atoms with van der Waals surface area (Å²) in [6.45, 7) is 0. The minimum atomic E-state index is 0.487. The van der Waals surface area contributed by atoms with Crippen LogP contribution in [-0.2, 0) is 0 Å². The minimum absolute atomic E-state index is 0.487. The molecule has 0 N–H and O–H groups in total. The topological polar surface area (TPSA) is 0 Å². The molecule has 106 valence electrons. The molecule has 0 aliphatic carbocycles. The molecule has 0 saturated heterocycles. The molecule has 3 rings (SSSR count). The van der Waals surface area contributed by atoms with Crippen LogP contribution in [-0.4, -0.2) is 27.5 Å². The van der Waals surface area contributed by atoms with Gasteiger partial charge in [-0.1, -0.05) is 0 Å². The van der Waals surface area contributed by atoms with Crippen LogP contribution in [0.2, 0.25) is 0 Å². The third-order valence-corrected chi connectivity index (χ3v) is 15.0. The molecule has 0 spiro atoms. The SMILES string of the molecule is CSC1=C(SC)SC(=c2sc(=S)/c(=C3\SC=C[Se]3)s2)S1. The second-order valence-corrected chi connectivity index (χ2v) is 14.2. The predicted octanol–water partition coefficient (Wildman–Crippen LogP) is 4.93. The molecule has 20 heavy (non-hydrogen) atoms. The van der Waals surface area contributed by atoms with Crippen LogP contribution in [0.3, 0.4) is 0 Å². The van der Waals surface area contributed by atoms with E-state index in [0.29, 0.717) is 15.0 Å². The molecular weight excluding hydrogens is 468 g/mol. The van der Waals surface area contributed by atoms with Gasteiger partial charge >= 0.3 is 160 Å². The van der Waals surface area contributed by atoms with Gasteiger partial charge in [0.15, 0.2) is 0 Å². The van der Waals surface area contributed by atoms with Gasteiger partial charge in [0, 0.05) is 0 Å². The second kappa shape index (κ2) is 7.55. The van der Waals surface area contributed by atoms with E-state index in [2.05, 4.69) is 22.9 Å². The van der Waals surface area contributed by atoms with Crippen molar-refractivity contribution in [2.45, 2.75) is 0 Å². The fraction of sp³-hybridized carbons (Fsp3) is 0.182. The van der Waals surface area contributed by atoms with Crippen LogP contribution in [0, 0.1) is 3.82 Å². The Balaban J connectivity index is 2.06. The Hall–Kier alpha value is 1.76. The van der Waals surface area contributed by atoms with Crippen molar-refractivity contribution in [2.75, 3.05) is 12.5 Å². The number of hydrogen-bond donors (Lipinski definition) is 0. The van der Waals surface area contributed by atoms with E-state index in [4.69, 9.17) is 12.2 Å². The molecule has 0 amide bonds. The van der Waals surface area contributed by atoms with Crippen LogP contribution in [0.4, 0.5) is 0 Å². The van der Waals surface area contributed by atoms with Gasteiger partial charge in [0.05, 0.1) is 0 Å². The monoisotopic (exact) mass is 476 g/mol. The van der Waals surface area contributed by atoms with Crippen molar-refractivity contribution in [3.63, 3.8) is 0 Å². The molecule has 0 radical (unpaired) electrons. The molecule has 0 fully saturated rings. The Kier molecular flexibility index (Phi) is 6.27. The van der Waals surface area contributed by atoms with Gasteiger partial charge in [0.2, 0.25) is 0 Å². The van der Waals surface area contributed by atoms with Gasteiger partial charge in [-0.2, -0.15) is 0 Å². The Morgan fingerprint density at radius 2 is 1.80 bits per heavy atom. The Labute approximate surface area is 158 Å². The van der Waals surface area contributed by atoms with E-state index >= 15 is 0 Å². The van der Waals surface area contributed by atoms with Crippen LogP contribution in [0.15, 0.2) is 18.9 Å². The van der Waals surface area contributed by atoms with E-state index < -0.39 is 0 Å². The first-order chi connectivity index (χ1) is 9.72. The van der Waals surface area contributed by atoms with Gasteiger partial charge in [0.1, 0.15) is 0 Å². The summed E-state index contributed by atoms with van der Waals surface area (Å²) in [7, 11) is 0. The second-order valence-electron chi connectivity index (χ2n) is 3.38. The summed E-state index contributed by atoms with van der Waals surface area (Å²) in [5.41, 5.74) is 0. The molecule has 2 aliphatic rings.